The van der Waals surface area contributed by atoms with Crippen LogP contribution in [0.15, 0.2) is 66.4 Å². The highest BCUT2D eigenvalue weighted by Gasteiger charge is 2.30. The van der Waals surface area contributed by atoms with E-state index in [2.05, 4.69) is 17.4 Å². The summed E-state index contributed by atoms with van der Waals surface area (Å²) in [6.07, 6.45) is 2.06. The minimum absolute atomic E-state index is 0.00733. The first-order valence-corrected chi connectivity index (χ1v) is 7.75. The van der Waals surface area contributed by atoms with Crippen LogP contribution < -0.4 is 5.32 Å². The van der Waals surface area contributed by atoms with Gasteiger partial charge in [0.25, 0.3) is 11.8 Å². The molecule has 24 heavy (non-hydrogen) atoms. The van der Waals surface area contributed by atoms with Gasteiger partial charge in [-0.2, -0.15) is 0 Å². The molecule has 0 saturated carbocycles. The molecular formula is C19H18N2O3. The smallest absolute Gasteiger partial charge is 0.277 e. The summed E-state index contributed by atoms with van der Waals surface area (Å²) in [4.78, 5) is 24.9. The maximum absolute atomic E-state index is 12.1. The van der Waals surface area contributed by atoms with Crippen LogP contribution in [-0.4, -0.2) is 35.0 Å². The number of benzene rings is 2. The lowest BCUT2D eigenvalue weighted by atomic mass is 10.0. The number of hydrogen-bond donors (Lipinski definition) is 2. The topological polar surface area (TPSA) is 69.6 Å². The maximum Gasteiger partial charge on any atom is 0.277 e. The van der Waals surface area contributed by atoms with Crippen molar-refractivity contribution in [2.24, 2.45) is 0 Å². The zero-order chi connectivity index (χ0) is 16.9. The van der Waals surface area contributed by atoms with Crippen molar-refractivity contribution in [2.45, 2.75) is 6.42 Å². The standard InChI is InChI=1S/C19H18N2O3/c22-10-9-21-18(23)13-17(19(21)24)20-16-8-4-7-15(12-16)11-14-5-2-1-3-6-14/h1-8,12-13,20,22H,9-11H2. The fraction of sp³-hybridized carbons (Fsp3) is 0.158. The first-order valence-electron chi connectivity index (χ1n) is 7.75. The lowest BCUT2D eigenvalue weighted by Crippen LogP contribution is -2.34. The van der Waals surface area contributed by atoms with Crippen LogP contribution in [0.5, 0.6) is 0 Å². The Labute approximate surface area is 140 Å². The summed E-state index contributed by atoms with van der Waals surface area (Å²) in [5.74, 6) is -0.820. The molecule has 0 saturated heterocycles. The van der Waals surface area contributed by atoms with E-state index in [9.17, 15) is 9.59 Å². The van der Waals surface area contributed by atoms with E-state index in [1.165, 1.54) is 11.6 Å². The lowest BCUT2D eigenvalue weighted by molar-refractivity contribution is -0.137. The molecule has 2 amide bonds. The fourth-order valence-corrected chi connectivity index (χ4v) is 2.66. The lowest BCUT2D eigenvalue weighted by Gasteiger charge is -2.13. The number of carbonyl (C=O) groups is 2. The quantitative estimate of drug-likeness (QED) is 0.798. The Morgan fingerprint density at radius 3 is 2.46 bits per heavy atom. The van der Waals surface area contributed by atoms with Crippen molar-refractivity contribution in [2.75, 3.05) is 18.5 Å². The van der Waals surface area contributed by atoms with Gasteiger partial charge in [-0.15, -0.1) is 0 Å². The third-order valence-electron chi connectivity index (χ3n) is 3.79. The molecule has 0 aromatic heterocycles. The van der Waals surface area contributed by atoms with Crippen molar-refractivity contribution >= 4 is 17.5 Å². The summed E-state index contributed by atoms with van der Waals surface area (Å²) in [5.41, 5.74) is 3.29. The van der Waals surface area contributed by atoms with Crippen LogP contribution in [0.25, 0.3) is 0 Å². The normalized spacial score (nSPS) is 14.0. The Hall–Kier alpha value is -2.92. The molecule has 1 aliphatic heterocycles. The molecule has 122 valence electrons. The summed E-state index contributed by atoms with van der Waals surface area (Å²) in [6, 6.07) is 17.8. The summed E-state index contributed by atoms with van der Waals surface area (Å²) in [5, 5.41) is 11.9. The first-order chi connectivity index (χ1) is 11.7. The largest absolute Gasteiger partial charge is 0.395 e. The number of rotatable bonds is 6. The Morgan fingerprint density at radius 2 is 1.71 bits per heavy atom. The predicted octanol–water partition coefficient (Wildman–Crippen LogP) is 1.93. The number of nitrogens with one attached hydrogen (secondary N) is 1. The van der Waals surface area contributed by atoms with Gasteiger partial charge in [0, 0.05) is 11.8 Å². The van der Waals surface area contributed by atoms with Crippen molar-refractivity contribution < 1.29 is 14.7 Å². The Bertz CT molecular complexity index is 784. The second-order valence-corrected chi connectivity index (χ2v) is 5.56. The van der Waals surface area contributed by atoms with Gasteiger partial charge in [-0.1, -0.05) is 42.5 Å². The van der Waals surface area contributed by atoms with Crippen LogP contribution in [-0.2, 0) is 16.0 Å². The number of anilines is 1. The average molecular weight is 322 g/mol. The van der Waals surface area contributed by atoms with Crippen molar-refractivity contribution in [1.82, 2.24) is 4.90 Å². The molecule has 1 heterocycles. The van der Waals surface area contributed by atoms with Gasteiger partial charge in [-0.05, 0) is 29.7 Å². The molecule has 3 rings (SSSR count). The summed E-state index contributed by atoms with van der Waals surface area (Å²) >= 11 is 0. The van der Waals surface area contributed by atoms with Gasteiger partial charge in [0.15, 0.2) is 0 Å². The molecule has 0 unspecified atom stereocenters. The van der Waals surface area contributed by atoms with E-state index in [4.69, 9.17) is 5.11 Å². The summed E-state index contributed by atoms with van der Waals surface area (Å²) < 4.78 is 0. The third kappa shape index (κ3) is 3.52. The summed E-state index contributed by atoms with van der Waals surface area (Å²) in [6.45, 7) is -0.238. The highest BCUT2D eigenvalue weighted by atomic mass is 16.3. The average Bonchev–Trinajstić information content (AvgIpc) is 2.84. The molecule has 2 N–H and O–H groups in total. The minimum atomic E-state index is -0.414. The van der Waals surface area contributed by atoms with Crippen molar-refractivity contribution in [3.63, 3.8) is 0 Å². The SMILES string of the molecule is O=C1C=C(Nc2cccc(Cc3ccccc3)c2)C(=O)N1CCO. The Morgan fingerprint density at radius 1 is 0.958 bits per heavy atom. The zero-order valence-electron chi connectivity index (χ0n) is 13.1. The van der Waals surface area contributed by atoms with E-state index in [1.54, 1.807) is 0 Å². The Balaban J connectivity index is 1.72. The number of carbonyl (C=O) groups excluding carboxylic acids is 2. The molecule has 0 spiro atoms. The van der Waals surface area contributed by atoms with E-state index in [1.807, 2.05) is 42.5 Å². The van der Waals surface area contributed by atoms with E-state index in [-0.39, 0.29) is 18.8 Å². The number of aliphatic hydroxyl groups excluding tert-OH is 1. The van der Waals surface area contributed by atoms with Gasteiger partial charge in [-0.3, -0.25) is 14.5 Å². The molecular weight excluding hydrogens is 304 g/mol. The van der Waals surface area contributed by atoms with Gasteiger partial charge in [0.05, 0.1) is 13.2 Å². The molecule has 5 heteroatoms. The van der Waals surface area contributed by atoms with E-state index in [0.717, 1.165) is 22.6 Å². The number of amides is 2. The molecule has 2 aromatic rings. The third-order valence-corrected chi connectivity index (χ3v) is 3.79. The van der Waals surface area contributed by atoms with Crippen LogP contribution in [0.4, 0.5) is 5.69 Å². The van der Waals surface area contributed by atoms with E-state index in [0.29, 0.717) is 0 Å². The highest BCUT2D eigenvalue weighted by molar-refractivity contribution is 6.17. The number of hydrogen-bond acceptors (Lipinski definition) is 4. The summed E-state index contributed by atoms with van der Waals surface area (Å²) in [7, 11) is 0. The highest BCUT2D eigenvalue weighted by Crippen LogP contribution is 2.19. The molecule has 5 nitrogen and oxygen atoms in total. The van der Waals surface area contributed by atoms with Crippen LogP contribution in [0.1, 0.15) is 11.1 Å². The van der Waals surface area contributed by atoms with E-state index < -0.39 is 11.8 Å². The molecule has 2 aromatic carbocycles. The monoisotopic (exact) mass is 322 g/mol. The van der Waals surface area contributed by atoms with Crippen LogP contribution >= 0.6 is 0 Å². The first kappa shape index (κ1) is 16.0. The van der Waals surface area contributed by atoms with E-state index >= 15 is 0 Å². The maximum atomic E-state index is 12.1. The number of β-amino-alcohol motifs (C(OH)–C–C–N with tert-alkyl or cyclic N) is 1. The van der Waals surface area contributed by atoms with Gasteiger partial charge in [0.2, 0.25) is 0 Å². The van der Waals surface area contributed by atoms with Crippen molar-refractivity contribution in [3.8, 4) is 0 Å². The minimum Gasteiger partial charge on any atom is -0.395 e. The molecule has 0 aliphatic carbocycles. The van der Waals surface area contributed by atoms with Gasteiger partial charge < -0.3 is 10.4 Å². The second-order valence-electron chi connectivity index (χ2n) is 5.56. The number of imide groups is 1. The van der Waals surface area contributed by atoms with Crippen LogP contribution in [0.3, 0.4) is 0 Å². The predicted molar refractivity (Wildman–Crippen MR) is 91.2 cm³/mol. The molecule has 0 fully saturated rings. The van der Waals surface area contributed by atoms with Crippen molar-refractivity contribution in [1.29, 1.82) is 0 Å². The fourth-order valence-electron chi connectivity index (χ4n) is 2.66. The molecule has 0 bridgehead atoms. The molecule has 0 radical (unpaired) electrons. The van der Waals surface area contributed by atoms with Crippen molar-refractivity contribution in [3.05, 3.63) is 77.5 Å². The van der Waals surface area contributed by atoms with Gasteiger partial charge in [-0.25, -0.2) is 0 Å². The van der Waals surface area contributed by atoms with Crippen LogP contribution in [0.2, 0.25) is 0 Å². The molecule has 1 aliphatic rings. The second kappa shape index (κ2) is 7.10. The Kier molecular flexibility index (Phi) is 4.72. The molecule has 0 atom stereocenters. The van der Waals surface area contributed by atoms with Gasteiger partial charge >= 0.3 is 0 Å². The van der Waals surface area contributed by atoms with Crippen LogP contribution in [0, 0.1) is 0 Å². The zero-order valence-corrected chi connectivity index (χ0v) is 13.1. The van der Waals surface area contributed by atoms with Gasteiger partial charge in [0.1, 0.15) is 5.70 Å². The number of nitrogens with zero attached hydrogens (tertiary/aromatic N) is 1. The number of aliphatic hydroxyl groups is 1.